The maximum absolute atomic E-state index is 13.4. The van der Waals surface area contributed by atoms with E-state index >= 15 is 0 Å². The number of nitrogens with zero attached hydrogens (tertiary/aromatic N) is 1. The zero-order valence-electron chi connectivity index (χ0n) is 18.9. The van der Waals surface area contributed by atoms with Crippen molar-refractivity contribution in [2.75, 3.05) is 13.1 Å². The predicted octanol–water partition coefficient (Wildman–Crippen LogP) is 3.47. The first-order valence-corrected chi connectivity index (χ1v) is 11.6. The topological polar surface area (TPSA) is 105 Å². The number of benzene rings is 1. The van der Waals surface area contributed by atoms with Crippen LogP contribution in [0.25, 0.3) is 0 Å². The molecule has 8 nitrogen and oxygen atoms in total. The van der Waals surface area contributed by atoms with Gasteiger partial charge in [0.25, 0.3) is 11.8 Å². The Kier molecular flexibility index (Phi) is 7.80. The highest BCUT2D eigenvalue weighted by molar-refractivity contribution is 5.95. The summed E-state index contributed by atoms with van der Waals surface area (Å²) >= 11 is 0. The summed E-state index contributed by atoms with van der Waals surface area (Å²) in [7, 11) is 0. The first-order valence-electron chi connectivity index (χ1n) is 11.6. The minimum absolute atomic E-state index is 0.0923. The summed E-state index contributed by atoms with van der Waals surface area (Å²) in [5.41, 5.74) is 1.04. The smallest absolute Gasteiger partial charge is 0.287 e. The van der Waals surface area contributed by atoms with Crippen molar-refractivity contribution in [1.29, 1.82) is 0 Å². The van der Waals surface area contributed by atoms with Crippen LogP contribution < -0.4 is 10.6 Å². The number of hydrogen-bond donors (Lipinski definition) is 2. The summed E-state index contributed by atoms with van der Waals surface area (Å²) in [6.45, 7) is 0.00512. The first kappa shape index (κ1) is 23.4. The molecule has 2 N–H and O–H groups in total. The number of amides is 3. The number of carbonyl (C=O) groups excluding carboxylic acids is 3. The normalized spacial score (nSPS) is 14.5. The van der Waals surface area contributed by atoms with Crippen LogP contribution in [0.1, 0.15) is 53.6 Å². The molecule has 3 aromatic rings. The zero-order chi connectivity index (χ0) is 23.8. The van der Waals surface area contributed by atoms with Crippen LogP contribution in [0, 0.1) is 0 Å². The van der Waals surface area contributed by atoms with E-state index in [1.165, 1.54) is 23.5 Å². The zero-order valence-corrected chi connectivity index (χ0v) is 18.9. The lowest BCUT2D eigenvalue weighted by molar-refractivity contribution is -0.141. The van der Waals surface area contributed by atoms with Crippen LogP contribution in [0.2, 0.25) is 0 Å². The van der Waals surface area contributed by atoms with Crippen molar-refractivity contribution < 1.29 is 23.2 Å². The molecular weight excluding hydrogens is 434 g/mol. The molecule has 0 aliphatic heterocycles. The van der Waals surface area contributed by atoms with Crippen LogP contribution in [0.5, 0.6) is 0 Å². The molecule has 2 aromatic heterocycles. The number of carbonyl (C=O) groups is 3. The third kappa shape index (κ3) is 5.95. The van der Waals surface area contributed by atoms with Crippen LogP contribution in [0.15, 0.2) is 76.0 Å². The molecule has 178 valence electrons. The van der Waals surface area contributed by atoms with Gasteiger partial charge in [-0.15, -0.1) is 0 Å². The van der Waals surface area contributed by atoms with Crippen molar-refractivity contribution >= 4 is 17.7 Å². The lowest BCUT2D eigenvalue weighted by Gasteiger charge is -2.31. The van der Waals surface area contributed by atoms with Crippen LogP contribution in [0.4, 0.5) is 0 Å². The van der Waals surface area contributed by atoms with E-state index in [1.54, 1.807) is 18.2 Å². The third-order valence-corrected chi connectivity index (χ3v) is 6.02. The molecule has 0 radical (unpaired) electrons. The van der Waals surface area contributed by atoms with Crippen molar-refractivity contribution in [3.8, 4) is 0 Å². The number of furan rings is 2. The molecule has 1 aromatic carbocycles. The van der Waals surface area contributed by atoms with Crippen molar-refractivity contribution in [1.82, 2.24) is 15.5 Å². The van der Waals surface area contributed by atoms with Crippen LogP contribution in [-0.4, -0.2) is 41.8 Å². The van der Waals surface area contributed by atoms with Crippen molar-refractivity contribution in [2.24, 2.45) is 0 Å². The summed E-state index contributed by atoms with van der Waals surface area (Å²) < 4.78 is 10.7. The quantitative estimate of drug-likeness (QED) is 0.479. The highest BCUT2D eigenvalue weighted by atomic mass is 16.3. The fourth-order valence-corrected chi connectivity index (χ4v) is 4.27. The minimum atomic E-state index is -0.938. The van der Waals surface area contributed by atoms with Gasteiger partial charge in [0.2, 0.25) is 5.91 Å². The lowest BCUT2D eigenvalue weighted by Crippen LogP contribution is -2.49. The summed E-state index contributed by atoms with van der Waals surface area (Å²) in [5, 5.41) is 5.68. The van der Waals surface area contributed by atoms with E-state index in [2.05, 4.69) is 10.6 Å². The van der Waals surface area contributed by atoms with Gasteiger partial charge in [0.1, 0.15) is 5.76 Å². The van der Waals surface area contributed by atoms with Crippen molar-refractivity contribution in [2.45, 2.75) is 44.2 Å². The standard InChI is InChI=1S/C26H29N3O5/c30-23(18-27-25(31)22-13-7-17-34-22)29(15-14-19-8-2-1-3-9-19)24(21-12-6-16-33-21)26(32)28-20-10-4-5-11-20/h1-3,6-9,12-13,16-17,20,24H,4-5,10-11,14-15,18H2,(H,27,31)(H,28,32)/t24-/m0/s1. The summed E-state index contributed by atoms with van der Waals surface area (Å²) in [6, 6.07) is 15.4. The average Bonchev–Trinajstić information content (AvgIpc) is 3.64. The Morgan fingerprint density at radius 1 is 0.941 bits per heavy atom. The fourth-order valence-electron chi connectivity index (χ4n) is 4.27. The molecule has 0 bridgehead atoms. The van der Waals surface area contributed by atoms with E-state index < -0.39 is 11.9 Å². The molecule has 2 heterocycles. The highest BCUT2D eigenvalue weighted by Gasteiger charge is 2.35. The third-order valence-electron chi connectivity index (χ3n) is 6.02. The number of hydrogen-bond acceptors (Lipinski definition) is 5. The first-order chi connectivity index (χ1) is 16.6. The molecule has 1 aliphatic rings. The van der Waals surface area contributed by atoms with Gasteiger partial charge in [-0.05, 0) is 49.1 Å². The highest BCUT2D eigenvalue weighted by Crippen LogP contribution is 2.25. The molecule has 0 saturated heterocycles. The lowest BCUT2D eigenvalue weighted by atomic mass is 10.1. The fraction of sp³-hybridized carbons (Fsp3) is 0.346. The maximum atomic E-state index is 13.4. The van der Waals surface area contributed by atoms with Crippen molar-refractivity contribution in [3.05, 3.63) is 84.2 Å². The Morgan fingerprint density at radius 2 is 1.68 bits per heavy atom. The molecule has 8 heteroatoms. The second-order valence-electron chi connectivity index (χ2n) is 8.39. The van der Waals surface area contributed by atoms with Crippen molar-refractivity contribution in [3.63, 3.8) is 0 Å². The Morgan fingerprint density at radius 3 is 2.35 bits per heavy atom. The van der Waals surface area contributed by atoms with E-state index in [1.807, 2.05) is 30.3 Å². The van der Waals surface area contributed by atoms with Crippen LogP contribution in [0.3, 0.4) is 0 Å². The minimum Gasteiger partial charge on any atom is -0.467 e. The van der Waals surface area contributed by atoms with E-state index in [0.29, 0.717) is 12.2 Å². The van der Waals surface area contributed by atoms with Crippen LogP contribution >= 0.6 is 0 Å². The SMILES string of the molecule is O=C(NCC(=O)N(CCc1ccccc1)[C@H](C(=O)NC1CCCC1)c1ccco1)c1ccco1. The van der Waals surface area contributed by atoms with Gasteiger partial charge in [0.15, 0.2) is 11.8 Å². The van der Waals surface area contributed by atoms with Gasteiger partial charge < -0.3 is 24.4 Å². The predicted molar refractivity (Wildman–Crippen MR) is 125 cm³/mol. The summed E-state index contributed by atoms with van der Waals surface area (Å²) in [6.07, 6.45) is 7.43. The summed E-state index contributed by atoms with van der Waals surface area (Å²) in [4.78, 5) is 40.6. The molecule has 0 unspecified atom stereocenters. The molecule has 1 fully saturated rings. The van der Waals surface area contributed by atoms with E-state index in [9.17, 15) is 14.4 Å². The van der Waals surface area contributed by atoms with Gasteiger partial charge in [0.05, 0.1) is 19.1 Å². The molecule has 34 heavy (non-hydrogen) atoms. The van der Waals surface area contributed by atoms with Gasteiger partial charge in [-0.25, -0.2) is 0 Å². The van der Waals surface area contributed by atoms with E-state index in [-0.39, 0.29) is 36.7 Å². The largest absolute Gasteiger partial charge is 0.467 e. The monoisotopic (exact) mass is 463 g/mol. The second kappa shape index (κ2) is 11.4. The summed E-state index contributed by atoms with van der Waals surface area (Å²) in [5.74, 6) is -0.662. The Labute approximate surface area is 198 Å². The average molecular weight is 464 g/mol. The van der Waals surface area contributed by atoms with Crippen LogP contribution in [-0.2, 0) is 16.0 Å². The van der Waals surface area contributed by atoms with Gasteiger partial charge in [0, 0.05) is 12.6 Å². The van der Waals surface area contributed by atoms with Gasteiger partial charge in [-0.1, -0.05) is 43.2 Å². The Balaban J connectivity index is 1.54. The molecular formula is C26H29N3O5. The molecule has 0 spiro atoms. The molecule has 4 rings (SSSR count). The number of rotatable bonds is 10. The van der Waals surface area contributed by atoms with Gasteiger partial charge in [-0.3, -0.25) is 14.4 Å². The van der Waals surface area contributed by atoms with E-state index in [0.717, 1.165) is 31.2 Å². The molecule has 3 amide bonds. The van der Waals surface area contributed by atoms with Gasteiger partial charge in [-0.2, -0.15) is 0 Å². The molecule has 1 aliphatic carbocycles. The maximum Gasteiger partial charge on any atom is 0.287 e. The number of nitrogens with one attached hydrogen (secondary N) is 2. The molecule has 1 atom stereocenters. The Bertz CT molecular complexity index is 1060. The Hall–Kier alpha value is -3.81. The molecule has 1 saturated carbocycles. The van der Waals surface area contributed by atoms with E-state index in [4.69, 9.17) is 8.83 Å². The second-order valence-corrected chi connectivity index (χ2v) is 8.39. The van der Waals surface area contributed by atoms with Gasteiger partial charge >= 0.3 is 0 Å².